The number of fused-ring (bicyclic) bond motifs is 1. The maximum Gasteiger partial charge on any atom is 0.408 e. The quantitative estimate of drug-likeness (QED) is 0.0561. The molecule has 61 heavy (non-hydrogen) atoms. The third-order valence-electron chi connectivity index (χ3n) is 10.1. The highest BCUT2D eigenvalue weighted by Gasteiger charge is 2.34. The van der Waals surface area contributed by atoms with Crippen molar-refractivity contribution >= 4 is 52.0 Å². The molecule has 4 atom stereocenters. The van der Waals surface area contributed by atoms with Crippen molar-refractivity contribution in [3.05, 3.63) is 126 Å². The molecule has 1 aliphatic heterocycles. The van der Waals surface area contributed by atoms with Crippen molar-refractivity contribution in [3.8, 4) is 0 Å². The molecule has 15 nitrogen and oxygen atoms in total. The molecule has 0 bridgehead atoms. The van der Waals surface area contributed by atoms with E-state index in [0.717, 1.165) is 22.0 Å². The summed E-state index contributed by atoms with van der Waals surface area (Å²) in [6.45, 7) is 5.40. The van der Waals surface area contributed by atoms with Crippen LogP contribution < -0.4 is 32.1 Å². The fraction of sp³-hybridized carbons (Fsp3) is 0.348. The van der Waals surface area contributed by atoms with Crippen molar-refractivity contribution in [1.82, 2.24) is 26.4 Å². The van der Waals surface area contributed by atoms with Crippen LogP contribution in [0.5, 0.6) is 0 Å². The van der Waals surface area contributed by atoms with Crippen molar-refractivity contribution < 1.29 is 38.6 Å². The van der Waals surface area contributed by atoms with Crippen molar-refractivity contribution in [2.45, 2.75) is 90.1 Å². The molecule has 0 aromatic heterocycles. The summed E-state index contributed by atoms with van der Waals surface area (Å²) >= 11 is 0. The second-order valence-corrected chi connectivity index (χ2v) is 15.5. The molecule has 0 saturated carbocycles. The number of ketones is 1. The lowest BCUT2D eigenvalue weighted by Crippen LogP contribution is -2.54. The number of alkyl carbamates (subject to hydrolysis) is 1. The van der Waals surface area contributed by atoms with Crippen molar-refractivity contribution in [2.75, 3.05) is 11.6 Å². The van der Waals surface area contributed by atoms with Gasteiger partial charge in [-0.25, -0.2) is 4.79 Å². The topological polar surface area (TPSA) is 212 Å². The number of hydrogen-bond acceptors (Lipinski definition) is 10. The number of aliphatic hydroxyl groups is 1. The predicted octanol–water partition coefficient (Wildman–Crippen LogP) is 4.80. The zero-order valence-electron chi connectivity index (χ0n) is 34.7. The van der Waals surface area contributed by atoms with Crippen LogP contribution >= 0.6 is 0 Å². The summed E-state index contributed by atoms with van der Waals surface area (Å²) < 4.78 is 5.51. The lowest BCUT2D eigenvalue weighted by Gasteiger charge is -2.30. The average molecular weight is 834 g/mol. The minimum atomic E-state index is -1.39. The molecule has 0 spiro atoms. The van der Waals surface area contributed by atoms with Gasteiger partial charge >= 0.3 is 6.09 Å². The summed E-state index contributed by atoms with van der Waals surface area (Å²) in [5, 5.41) is 18.7. The molecule has 0 aliphatic carbocycles. The van der Waals surface area contributed by atoms with Crippen molar-refractivity contribution in [3.63, 3.8) is 0 Å². The highest BCUT2D eigenvalue weighted by molar-refractivity contribution is 5.97. The molecule has 7 N–H and O–H groups in total. The summed E-state index contributed by atoms with van der Waals surface area (Å²) in [6, 6.07) is 28.3. The Balaban J connectivity index is 1.30. The number of anilines is 1. The van der Waals surface area contributed by atoms with Gasteiger partial charge in [-0.15, -0.1) is 0 Å². The van der Waals surface area contributed by atoms with E-state index in [2.05, 4.69) is 21.5 Å². The van der Waals surface area contributed by atoms with Crippen LogP contribution in [0.15, 0.2) is 115 Å². The maximum atomic E-state index is 14.3. The Bertz CT molecular complexity index is 2180. The van der Waals surface area contributed by atoms with Crippen molar-refractivity contribution in [2.24, 2.45) is 11.7 Å². The van der Waals surface area contributed by atoms with E-state index in [4.69, 9.17) is 10.5 Å². The standard InChI is InChI=1S/C46H55N7O8/c1-30(2)24-37(41(55)26-43(57)51-50-42(56)23-13-22-40(54)34-17-8-5-9-18-34)48-44(58)38(49-46(60)61-28-32-14-6-4-7-15-32)25-35-27-52(45(59)31(3)47)29-53(35)39-21-12-19-33-16-10-11-20-36(33)39/h4-12,14-21,27,30-31,37-38,41,55H,13,22-26,28-29,47H2,1-3H3,(H,48,58)(H,49,60)(H,50,56)(H,51,57)/t31-,37-,38-,41-/m0/s1. The Morgan fingerprint density at radius 3 is 2.15 bits per heavy atom. The molecule has 1 aliphatic rings. The summed E-state index contributed by atoms with van der Waals surface area (Å²) in [5.41, 5.74) is 13.2. The maximum absolute atomic E-state index is 14.3. The van der Waals surface area contributed by atoms with E-state index in [-0.39, 0.29) is 63.0 Å². The molecule has 5 amide bonds. The second kappa shape index (κ2) is 22.1. The number of hydrazine groups is 1. The van der Waals surface area contributed by atoms with Gasteiger partial charge in [-0.1, -0.05) is 111 Å². The summed E-state index contributed by atoms with van der Waals surface area (Å²) in [7, 11) is 0. The number of aliphatic hydroxyl groups excluding tert-OH is 1. The van der Waals surface area contributed by atoms with Gasteiger partial charge in [0.25, 0.3) is 0 Å². The Hall–Kier alpha value is -6.58. The largest absolute Gasteiger partial charge is 0.445 e. The zero-order valence-corrected chi connectivity index (χ0v) is 34.7. The summed E-state index contributed by atoms with van der Waals surface area (Å²) in [5.74, 6) is -2.37. The third kappa shape index (κ3) is 13.5. The first-order valence-corrected chi connectivity index (χ1v) is 20.4. The van der Waals surface area contributed by atoms with Gasteiger partial charge in [0.2, 0.25) is 23.6 Å². The van der Waals surface area contributed by atoms with Crippen LogP contribution in [0, 0.1) is 5.92 Å². The van der Waals surface area contributed by atoms with Crippen LogP contribution in [-0.4, -0.2) is 76.4 Å². The number of hydrogen-bond donors (Lipinski definition) is 6. The van der Waals surface area contributed by atoms with E-state index in [0.29, 0.717) is 11.3 Å². The molecule has 15 heteroatoms. The number of ether oxygens (including phenoxy) is 1. The van der Waals surface area contributed by atoms with Crippen molar-refractivity contribution in [1.29, 1.82) is 0 Å². The zero-order chi connectivity index (χ0) is 43.9. The number of Topliss-reactive ketones (excluding diaryl/α,β-unsaturated/α-hetero) is 1. The normalized spacial score (nSPS) is 14.4. The van der Waals surface area contributed by atoms with E-state index >= 15 is 0 Å². The third-order valence-corrected chi connectivity index (χ3v) is 10.1. The molecule has 0 fully saturated rings. The van der Waals surface area contributed by atoms with E-state index in [1.54, 1.807) is 49.5 Å². The number of amides is 5. The van der Waals surface area contributed by atoms with Crippen LogP contribution in [0.25, 0.3) is 10.8 Å². The smallest absolute Gasteiger partial charge is 0.408 e. The van der Waals surface area contributed by atoms with Crippen LogP contribution in [0.1, 0.15) is 75.2 Å². The Labute approximate surface area is 355 Å². The summed E-state index contributed by atoms with van der Waals surface area (Å²) in [6.07, 6.45) is -0.559. The SMILES string of the molecule is CC(C)C[C@H](NC(=O)[C@H](CC1=CN(C(=O)[C@H](C)N)CN1c1cccc2ccccc12)NC(=O)OCc1ccccc1)[C@@H](O)CC(=O)NNC(=O)CCCC(=O)c1ccccc1. The van der Waals surface area contributed by atoms with Gasteiger partial charge in [-0.3, -0.25) is 39.7 Å². The highest BCUT2D eigenvalue weighted by Crippen LogP contribution is 2.34. The Morgan fingerprint density at radius 2 is 1.44 bits per heavy atom. The molecule has 322 valence electrons. The molecule has 4 aromatic rings. The number of nitrogens with two attached hydrogens (primary N) is 1. The number of carbonyl (C=O) groups excluding carboxylic acids is 6. The number of nitrogens with zero attached hydrogens (tertiary/aromatic N) is 2. The van der Waals surface area contributed by atoms with Gasteiger partial charge in [-0.2, -0.15) is 0 Å². The minimum Gasteiger partial charge on any atom is -0.445 e. The van der Waals surface area contributed by atoms with Gasteiger partial charge in [-0.05, 0) is 42.7 Å². The molecular formula is C46H55N7O8. The molecular weight excluding hydrogens is 779 g/mol. The fourth-order valence-corrected chi connectivity index (χ4v) is 6.96. The molecule has 5 rings (SSSR count). The average Bonchev–Trinajstić information content (AvgIpc) is 3.67. The number of nitrogens with one attached hydrogen (secondary N) is 4. The van der Waals surface area contributed by atoms with E-state index in [1.165, 1.54) is 4.90 Å². The van der Waals surface area contributed by atoms with E-state index in [9.17, 15) is 33.9 Å². The number of carbonyl (C=O) groups is 6. The first-order chi connectivity index (χ1) is 29.3. The van der Waals surface area contributed by atoms with Crippen LogP contribution in [0.3, 0.4) is 0 Å². The first kappa shape index (κ1) is 45.5. The van der Waals surface area contributed by atoms with Crippen LogP contribution in [0.4, 0.5) is 10.5 Å². The Kier molecular flexibility index (Phi) is 16.5. The highest BCUT2D eigenvalue weighted by atomic mass is 16.5. The predicted molar refractivity (Wildman–Crippen MR) is 231 cm³/mol. The molecule has 0 unspecified atom stereocenters. The van der Waals surface area contributed by atoms with Gasteiger partial charge in [0.05, 0.1) is 30.3 Å². The van der Waals surface area contributed by atoms with Gasteiger partial charge < -0.3 is 31.1 Å². The van der Waals surface area contributed by atoms with Gasteiger partial charge in [0.1, 0.15) is 19.3 Å². The number of benzene rings is 4. The van der Waals surface area contributed by atoms with Gasteiger partial charge in [0, 0.05) is 42.1 Å². The Morgan fingerprint density at radius 1 is 0.787 bits per heavy atom. The lowest BCUT2D eigenvalue weighted by atomic mass is 9.96. The van der Waals surface area contributed by atoms with E-state index in [1.807, 2.05) is 85.5 Å². The minimum absolute atomic E-state index is 0.0128. The molecule has 4 aromatic carbocycles. The lowest BCUT2D eigenvalue weighted by molar-refractivity contribution is -0.131. The van der Waals surface area contributed by atoms with Crippen LogP contribution in [-0.2, 0) is 30.5 Å². The molecule has 0 radical (unpaired) electrons. The fourth-order valence-electron chi connectivity index (χ4n) is 6.96. The summed E-state index contributed by atoms with van der Waals surface area (Å²) in [4.78, 5) is 82.0. The molecule has 1 heterocycles. The second-order valence-electron chi connectivity index (χ2n) is 15.5. The monoisotopic (exact) mass is 833 g/mol. The van der Waals surface area contributed by atoms with E-state index < -0.39 is 54.5 Å². The van der Waals surface area contributed by atoms with Gasteiger partial charge in [0.15, 0.2) is 5.78 Å². The molecule has 0 saturated heterocycles. The number of rotatable bonds is 19. The first-order valence-electron chi connectivity index (χ1n) is 20.4. The van der Waals surface area contributed by atoms with Crippen LogP contribution in [0.2, 0.25) is 0 Å².